The summed E-state index contributed by atoms with van der Waals surface area (Å²) in [5.41, 5.74) is 2.61. The van der Waals surface area contributed by atoms with Gasteiger partial charge in [0, 0.05) is 23.9 Å². The van der Waals surface area contributed by atoms with Gasteiger partial charge in [0.1, 0.15) is 0 Å². The van der Waals surface area contributed by atoms with Crippen LogP contribution in [0, 0.1) is 5.92 Å². The van der Waals surface area contributed by atoms with Crippen molar-refractivity contribution in [2.24, 2.45) is 5.92 Å². The van der Waals surface area contributed by atoms with Gasteiger partial charge in [-0.25, -0.2) is 14.5 Å². The van der Waals surface area contributed by atoms with Crippen molar-refractivity contribution in [2.75, 3.05) is 6.61 Å². The Hall–Kier alpha value is -2.24. The molecule has 2 heterocycles. The van der Waals surface area contributed by atoms with Gasteiger partial charge < -0.3 is 4.74 Å². The van der Waals surface area contributed by atoms with Crippen LogP contribution in [-0.4, -0.2) is 32.3 Å². The molecule has 0 radical (unpaired) electrons. The minimum Gasteiger partial charge on any atom is -0.461 e. The maximum absolute atomic E-state index is 12.0. The zero-order chi connectivity index (χ0) is 13.7. The minimum absolute atomic E-state index is 0.340. The third kappa shape index (κ3) is 1.57. The van der Waals surface area contributed by atoms with Crippen LogP contribution in [0.3, 0.4) is 0 Å². The zero-order valence-electron chi connectivity index (χ0n) is 11.1. The largest absolute Gasteiger partial charge is 0.461 e. The molecule has 2 aromatic heterocycles. The minimum atomic E-state index is -0.340. The predicted molar refractivity (Wildman–Crippen MR) is 69.7 cm³/mol. The maximum Gasteiger partial charge on any atom is 0.359 e. The van der Waals surface area contributed by atoms with Crippen LogP contribution in [0.15, 0.2) is 18.6 Å². The van der Waals surface area contributed by atoms with Gasteiger partial charge in [-0.15, -0.1) is 0 Å². The molecular formula is C14H14N4O2. The lowest BCUT2D eigenvalue weighted by molar-refractivity contribution is 0.0517. The standard InChI is InChI=1S/C14H14N4O2/c1-2-20-14(19)12-10-6-8-5-9(8)13(10)18(17-12)11-7-15-3-4-16-11/h3-4,7-9H,2,5-6H2,1H3. The van der Waals surface area contributed by atoms with Crippen LogP contribution in [0.4, 0.5) is 0 Å². The van der Waals surface area contributed by atoms with Gasteiger partial charge in [-0.1, -0.05) is 0 Å². The topological polar surface area (TPSA) is 69.9 Å². The summed E-state index contributed by atoms with van der Waals surface area (Å²) < 4.78 is 6.87. The Morgan fingerprint density at radius 1 is 1.50 bits per heavy atom. The molecule has 20 heavy (non-hydrogen) atoms. The lowest BCUT2D eigenvalue weighted by Gasteiger charge is -2.03. The van der Waals surface area contributed by atoms with Gasteiger partial charge in [-0.2, -0.15) is 5.10 Å². The van der Waals surface area contributed by atoms with E-state index >= 15 is 0 Å². The zero-order valence-corrected chi connectivity index (χ0v) is 11.1. The Bertz CT molecular complexity index is 680. The molecule has 2 aliphatic rings. The summed E-state index contributed by atoms with van der Waals surface area (Å²) in [6, 6.07) is 0. The van der Waals surface area contributed by atoms with Crippen molar-refractivity contribution in [1.82, 2.24) is 19.7 Å². The Kier molecular flexibility index (Phi) is 2.39. The molecule has 0 saturated heterocycles. The Labute approximate surface area is 115 Å². The first-order valence-electron chi connectivity index (χ1n) is 6.85. The first kappa shape index (κ1) is 11.6. The van der Waals surface area contributed by atoms with Gasteiger partial charge in [-0.3, -0.25) is 4.98 Å². The molecule has 1 saturated carbocycles. The number of carbonyl (C=O) groups excluding carboxylic acids is 1. The fourth-order valence-electron chi connectivity index (χ4n) is 3.05. The molecular weight excluding hydrogens is 256 g/mol. The van der Waals surface area contributed by atoms with E-state index in [0.717, 1.165) is 17.7 Å². The highest BCUT2D eigenvalue weighted by Gasteiger charge is 2.50. The lowest BCUT2D eigenvalue weighted by Crippen LogP contribution is -2.09. The van der Waals surface area contributed by atoms with Gasteiger partial charge in [0.15, 0.2) is 11.5 Å². The summed E-state index contributed by atoms with van der Waals surface area (Å²) in [4.78, 5) is 20.4. The summed E-state index contributed by atoms with van der Waals surface area (Å²) in [6.07, 6.45) is 7.03. The Balaban J connectivity index is 1.84. The smallest absolute Gasteiger partial charge is 0.359 e. The van der Waals surface area contributed by atoms with Crippen molar-refractivity contribution < 1.29 is 9.53 Å². The van der Waals surface area contributed by atoms with Crippen LogP contribution in [0.5, 0.6) is 0 Å². The van der Waals surface area contributed by atoms with E-state index in [9.17, 15) is 4.79 Å². The summed E-state index contributed by atoms with van der Waals surface area (Å²) in [7, 11) is 0. The average Bonchev–Trinajstić information content (AvgIpc) is 2.97. The fraction of sp³-hybridized carbons (Fsp3) is 0.429. The molecule has 2 aliphatic carbocycles. The van der Waals surface area contributed by atoms with E-state index in [4.69, 9.17) is 4.74 Å². The van der Waals surface area contributed by atoms with E-state index in [0.29, 0.717) is 30.0 Å². The van der Waals surface area contributed by atoms with E-state index < -0.39 is 0 Å². The first-order valence-corrected chi connectivity index (χ1v) is 6.85. The lowest BCUT2D eigenvalue weighted by atomic mass is 10.1. The number of ether oxygens (including phenoxy) is 1. The first-order chi connectivity index (χ1) is 9.79. The molecule has 2 unspecified atom stereocenters. The molecule has 2 atom stereocenters. The molecule has 0 amide bonds. The van der Waals surface area contributed by atoms with E-state index in [1.54, 1.807) is 30.2 Å². The fourth-order valence-corrected chi connectivity index (χ4v) is 3.05. The quantitative estimate of drug-likeness (QED) is 0.790. The van der Waals surface area contributed by atoms with Crippen LogP contribution < -0.4 is 0 Å². The molecule has 6 nitrogen and oxygen atoms in total. The summed E-state index contributed by atoms with van der Waals surface area (Å²) >= 11 is 0. The predicted octanol–water partition coefficient (Wildman–Crippen LogP) is 1.50. The van der Waals surface area contributed by atoms with Crippen LogP contribution in [0.2, 0.25) is 0 Å². The second-order valence-electron chi connectivity index (χ2n) is 5.21. The Morgan fingerprint density at radius 2 is 2.40 bits per heavy atom. The van der Waals surface area contributed by atoms with Crippen molar-refractivity contribution in [3.63, 3.8) is 0 Å². The van der Waals surface area contributed by atoms with Crippen molar-refractivity contribution in [3.05, 3.63) is 35.5 Å². The molecule has 0 aliphatic heterocycles. The monoisotopic (exact) mass is 270 g/mol. The highest BCUT2D eigenvalue weighted by atomic mass is 16.5. The number of nitrogens with zero attached hydrogens (tertiary/aromatic N) is 4. The van der Waals surface area contributed by atoms with Crippen molar-refractivity contribution in [3.8, 4) is 5.82 Å². The van der Waals surface area contributed by atoms with Crippen molar-refractivity contribution >= 4 is 5.97 Å². The van der Waals surface area contributed by atoms with E-state index in [-0.39, 0.29) is 5.97 Å². The van der Waals surface area contributed by atoms with Crippen LogP contribution >= 0.6 is 0 Å². The summed E-state index contributed by atoms with van der Waals surface area (Å²) in [6.45, 7) is 2.16. The van der Waals surface area contributed by atoms with Crippen molar-refractivity contribution in [2.45, 2.75) is 25.7 Å². The molecule has 0 aromatic carbocycles. The highest BCUT2D eigenvalue weighted by molar-refractivity contribution is 5.90. The number of esters is 1. The Morgan fingerprint density at radius 3 is 3.15 bits per heavy atom. The molecule has 0 bridgehead atoms. The molecule has 6 heteroatoms. The van der Waals surface area contributed by atoms with Crippen LogP contribution in [0.25, 0.3) is 5.82 Å². The molecule has 1 fully saturated rings. The number of hydrogen-bond acceptors (Lipinski definition) is 5. The highest BCUT2D eigenvalue weighted by Crippen LogP contribution is 2.57. The number of fused-ring (bicyclic) bond motifs is 3. The second-order valence-corrected chi connectivity index (χ2v) is 5.21. The van der Waals surface area contributed by atoms with Gasteiger partial charge in [-0.05, 0) is 25.7 Å². The van der Waals surface area contributed by atoms with Gasteiger partial charge in [0.25, 0.3) is 0 Å². The van der Waals surface area contributed by atoms with Gasteiger partial charge in [0.05, 0.1) is 18.5 Å². The number of rotatable bonds is 3. The molecule has 102 valence electrons. The van der Waals surface area contributed by atoms with E-state index in [2.05, 4.69) is 15.1 Å². The average molecular weight is 270 g/mol. The van der Waals surface area contributed by atoms with Crippen LogP contribution in [-0.2, 0) is 11.2 Å². The number of carbonyl (C=O) groups is 1. The maximum atomic E-state index is 12.0. The SMILES string of the molecule is CCOC(=O)c1nn(-c2cnccn2)c2c1CC1CC21. The van der Waals surface area contributed by atoms with E-state index in [1.807, 2.05) is 0 Å². The molecule has 2 aromatic rings. The van der Waals surface area contributed by atoms with E-state index in [1.165, 1.54) is 6.42 Å². The molecule has 4 rings (SSSR count). The second kappa shape index (κ2) is 4.13. The van der Waals surface area contributed by atoms with Crippen LogP contribution in [0.1, 0.15) is 41.0 Å². The summed E-state index contributed by atoms with van der Waals surface area (Å²) in [5.74, 6) is 1.50. The number of aromatic nitrogens is 4. The number of hydrogen-bond donors (Lipinski definition) is 0. The normalized spacial score (nSPS) is 22.2. The van der Waals surface area contributed by atoms with Gasteiger partial charge >= 0.3 is 5.97 Å². The van der Waals surface area contributed by atoms with Crippen molar-refractivity contribution in [1.29, 1.82) is 0 Å². The third-order valence-corrected chi connectivity index (χ3v) is 4.00. The summed E-state index contributed by atoms with van der Waals surface area (Å²) in [5, 5.41) is 4.44. The third-order valence-electron chi connectivity index (χ3n) is 4.00. The molecule has 0 spiro atoms. The molecule has 0 N–H and O–H groups in total. The van der Waals surface area contributed by atoms with Gasteiger partial charge in [0.2, 0.25) is 0 Å².